The Morgan fingerprint density at radius 2 is 1.76 bits per heavy atom. The molecule has 2 rings (SSSR count). The predicted octanol–water partition coefficient (Wildman–Crippen LogP) is 1.05. The highest BCUT2D eigenvalue weighted by molar-refractivity contribution is 5.89. The quantitative estimate of drug-likeness (QED) is 0.309. The third-order valence-electron chi connectivity index (χ3n) is 5.45. The molecule has 0 heterocycles. The number of aliphatic imine (C=N–C) groups is 1. The second kappa shape index (κ2) is 11.4. The van der Waals surface area contributed by atoms with Crippen molar-refractivity contribution < 1.29 is 9.59 Å². The second-order valence-electron chi connectivity index (χ2n) is 7.77. The van der Waals surface area contributed by atoms with Gasteiger partial charge in [0.15, 0.2) is 5.96 Å². The number of nitrogens with zero attached hydrogens (tertiary/aromatic N) is 1. The van der Waals surface area contributed by atoms with Crippen LogP contribution in [0.3, 0.4) is 0 Å². The van der Waals surface area contributed by atoms with Gasteiger partial charge in [0.25, 0.3) is 0 Å². The summed E-state index contributed by atoms with van der Waals surface area (Å²) in [6.45, 7) is 0. The molecule has 0 aromatic heterocycles. The van der Waals surface area contributed by atoms with Gasteiger partial charge in [0.2, 0.25) is 11.8 Å². The van der Waals surface area contributed by atoms with Crippen LogP contribution in [0.5, 0.6) is 0 Å². The van der Waals surface area contributed by atoms with Crippen LogP contribution in [0, 0.1) is 5.92 Å². The maximum absolute atomic E-state index is 12.6. The Labute approximate surface area is 172 Å². The third-order valence-corrected chi connectivity index (χ3v) is 5.45. The molecule has 2 amide bonds. The maximum Gasteiger partial charge on any atom is 0.242 e. The average Bonchev–Trinajstić information content (AvgIpc) is 2.72. The first-order valence-corrected chi connectivity index (χ1v) is 10.3. The summed E-state index contributed by atoms with van der Waals surface area (Å²) < 4.78 is 0. The summed E-state index contributed by atoms with van der Waals surface area (Å²) in [6, 6.07) is 5.88. The van der Waals surface area contributed by atoms with E-state index in [1.54, 1.807) is 19.2 Å². The zero-order valence-corrected chi connectivity index (χ0v) is 17.2. The van der Waals surface area contributed by atoms with E-state index >= 15 is 0 Å². The molecule has 1 fully saturated rings. The topological polar surface area (TPSA) is 149 Å². The lowest BCUT2D eigenvalue weighted by Gasteiger charge is -2.25. The first-order valence-electron chi connectivity index (χ1n) is 10.3. The van der Waals surface area contributed by atoms with Gasteiger partial charge in [-0.25, -0.2) is 4.99 Å². The first kappa shape index (κ1) is 22.7. The fourth-order valence-corrected chi connectivity index (χ4v) is 3.80. The molecule has 8 nitrogen and oxygen atoms in total. The van der Waals surface area contributed by atoms with Gasteiger partial charge >= 0.3 is 0 Å². The van der Waals surface area contributed by atoms with Gasteiger partial charge in [0.05, 0.1) is 11.7 Å². The zero-order valence-electron chi connectivity index (χ0n) is 17.2. The lowest BCUT2D eigenvalue weighted by atomic mass is 9.85. The molecule has 0 radical (unpaired) electrons. The molecular formula is C21H34N6O2. The monoisotopic (exact) mass is 402 g/mol. The van der Waals surface area contributed by atoms with E-state index in [0.29, 0.717) is 24.4 Å². The molecular weight excluding hydrogens is 368 g/mol. The van der Waals surface area contributed by atoms with E-state index in [2.05, 4.69) is 15.6 Å². The minimum Gasteiger partial charge on any atom is -0.370 e. The number of hydrogen-bond acceptors (Lipinski definition) is 4. The Kier molecular flexibility index (Phi) is 8.92. The number of benzene rings is 1. The van der Waals surface area contributed by atoms with E-state index in [4.69, 9.17) is 17.2 Å². The number of hydrogen-bond donors (Lipinski definition) is 5. The van der Waals surface area contributed by atoms with E-state index in [-0.39, 0.29) is 17.8 Å². The van der Waals surface area contributed by atoms with Gasteiger partial charge in [0.1, 0.15) is 6.04 Å². The summed E-state index contributed by atoms with van der Waals surface area (Å²) in [5.41, 5.74) is 18.3. The van der Waals surface area contributed by atoms with Crippen molar-refractivity contribution in [1.82, 2.24) is 10.6 Å². The Morgan fingerprint density at radius 1 is 1.10 bits per heavy atom. The Bertz CT molecular complexity index is 694. The zero-order chi connectivity index (χ0) is 21.2. The number of carbonyl (C=O) groups excluding carboxylic acids is 2. The Hall–Kier alpha value is -2.61. The van der Waals surface area contributed by atoms with Gasteiger partial charge in [-0.3, -0.25) is 9.59 Å². The number of likely N-dealkylation sites (N-methyl/N-ethyl adjacent to an activating group) is 1. The van der Waals surface area contributed by atoms with Crippen molar-refractivity contribution in [2.75, 3.05) is 7.05 Å². The predicted molar refractivity (Wildman–Crippen MR) is 115 cm³/mol. The van der Waals surface area contributed by atoms with Crippen molar-refractivity contribution in [1.29, 1.82) is 0 Å². The van der Waals surface area contributed by atoms with Crippen molar-refractivity contribution in [2.24, 2.45) is 28.1 Å². The minimum absolute atomic E-state index is 0.0118. The van der Waals surface area contributed by atoms with Crippen molar-refractivity contribution in [3.63, 3.8) is 0 Å². The average molecular weight is 403 g/mol. The number of nitrogens with one attached hydrogen (secondary N) is 2. The molecule has 0 spiro atoms. The van der Waals surface area contributed by atoms with Gasteiger partial charge in [-0.15, -0.1) is 0 Å². The van der Waals surface area contributed by atoms with Crippen LogP contribution in [0.4, 0.5) is 5.69 Å². The molecule has 2 atom stereocenters. The lowest BCUT2D eigenvalue weighted by molar-refractivity contribution is -0.129. The molecule has 1 aromatic carbocycles. The van der Waals surface area contributed by atoms with Crippen LogP contribution >= 0.6 is 0 Å². The Morgan fingerprint density at radius 3 is 2.34 bits per heavy atom. The molecule has 1 aliphatic rings. The van der Waals surface area contributed by atoms with Crippen molar-refractivity contribution in [3.05, 3.63) is 29.8 Å². The van der Waals surface area contributed by atoms with E-state index in [1.165, 1.54) is 32.1 Å². The van der Waals surface area contributed by atoms with Crippen LogP contribution in [0.2, 0.25) is 0 Å². The second-order valence-corrected chi connectivity index (χ2v) is 7.77. The summed E-state index contributed by atoms with van der Waals surface area (Å²) in [4.78, 5) is 28.8. The van der Waals surface area contributed by atoms with Crippen LogP contribution in [-0.4, -0.2) is 36.9 Å². The van der Waals surface area contributed by atoms with Crippen LogP contribution < -0.4 is 27.8 Å². The molecule has 8 N–H and O–H groups in total. The summed E-state index contributed by atoms with van der Waals surface area (Å²) in [6.07, 6.45) is 8.18. The maximum atomic E-state index is 12.6. The normalized spacial score (nSPS) is 16.5. The molecule has 0 aliphatic heterocycles. The summed E-state index contributed by atoms with van der Waals surface area (Å²) in [7, 11) is 1.58. The van der Waals surface area contributed by atoms with Gasteiger partial charge in [-0.1, -0.05) is 44.2 Å². The molecule has 1 aliphatic carbocycles. The molecule has 0 unspecified atom stereocenters. The summed E-state index contributed by atoms with van der Waals surface area (Å²) >= 11 is 0. The number of nitrogens with two attached hydrogens (primary N) is 3. The number of amides is 2. The van der Waals surface area contributed by atoms with Gasteiger partial charge in [-0.05, 0) is 42.9 Å². The van der Waals surface area contributed by atoms with Crippen molar-refractivity contribution >= 4 is 23.5 Å². The van der Waals surface area contributed by atoms with E-state index < -0.39 is 12.1 Å². The number of rotatable bonds is 9. The first-order chi connectivity index (χ1) is 13.9. The van der Waals surface area contributed by atoms with Crippen molar-refractivity contribution in [2.45, 2.75) is 63.5 Å². The highest BCUT2D eigenvalue weighted by Crippen LogP contribution is 2.27. The Balaban J connectivity index is 1.89. The fraction of sp³-hybridized carbons (Fsp3) is 0.571. The summed E-state index contributed by atoms with van der Waals surface area (Å²) in [5.74, 6) is 0.131. The number of guanidine groups is 1. The van der Waals surface area contributed by atoms with Gasteiger partial charge in [0, 0.05) is 7.05 Å². The molecule has 1 saturated carbocycles. The molecule has 160 valence electrons. The molecule has 0 bridgehead atoms. The van der Waals surface area contributed by atoms with Crippen LogP contribution in [-0.2, 0) is 16.0 Å². The van der Waals surface area contributed by atoms with E-state index in [9.17, 15) is 9.59 Å². The molecule has 29 heavy (non-hydrogen) atoms. The largest absolute Gasteiger partial charge is 0.370 e. The van der Waals surface area contributed by atoms with Crippen LogP contribution in [0.1, 0.15) is 50.5 Å². The summed E-state index contributed by atoms with van der Waals surface area (Å²) in [5, 5.41) is 5.48. The fourth-order valence-electron chi connectivity index (χ4n) is 3.80. The highest BCUT2D eigenvalue weighted by Gasteiger charge is 2.24. The molecule has 8 heteroatoms. The van der Waals surface area contributed by atoms with Crippen molar-refractivity contribution in [3.8, 4) is 0 Å². The highest BCUT2D eigenvalue weighted by atomic mass is 16.2. The standard InChI is InChI=1S/C21H34N6O2/c1-25-20(29)18(12-9-14-5-3-2-4-6-14)27-19(28)17(22)13-15-7-10-16(11-8-15)26-21(23)24/h7-8,10-11,14,17-18H,2-6,9,12-13,22H2,1H3,(H,25,29)(H,27,28)(H4,23,24,26)/t17-,18-/m0/s1. The van der Waals surface area contributed by atoms with E-state index in [0.717, 1.165) is 12.0 Å². The third kappa shape index (κ3) is 7.73. The SMILES string of the molecule is CNC(=O)[C@H](CCC1CCCCC1)NC(=O)[C@@H](N)Cc1ccc(N=C(N)N)cc1. The van der Waals surface area contributed by atoms with Gasteiger partial charge in [-0.2, -0.15) is 0 Å². The van der Waals surface area contributed by atoms with Crippen LogP contribution in [0.25, 0.3) is 0 Å². The van der Waals surface area contributed by atoms with Gasteiger partial charge < -0.3 is 27.8 Å². The van der Waals surface area contributed by atoms with E-state index in [1.807, 2.05) is 12.1 Å². The van der Waals surface area contributed by atoms with Crippen LogP contribution in [0.15, 0.2) is 29.3 Å². The molecule has 1 aromatic rings. The molecule has 0 saturated heterocycles. The smallest absolute Gasteiger partial charge is 0.242 e. The lowest BCUT2D eigenvalue weighted by Crippen LogP contribution is -2.51. The number of carbonyl (C=O) groups is 2. The minimum atomic E-state index is -0.745.